The third kappa shape index (κ3) is 5.69. The molecule has 122 valence electrons. The molecule has 0 unspecified atom stereocenters. The molecule has 0 aliphatic heterocycles. The van der Waals surface area contributed by atoms with Gasteiger partial charge in [0.15, 0.2) is 0 Å². The van der Waals surface area contributed by atoms with Gasteiger partial charge >= 0.3 is 0 Å². The fourth-order valence-electron chi connectivity index (χ4n) is 1.92. The largest absolute Gasteiger partial charge is 0.467 e. The lowest BCUT2D eigenvalue weighted by Crippen LogP contribution is -2.13. The van der Waals surface area contributed by atoms with Crippen LogP contribution >= 0.6 is 24.8 Å². The first-order valence-corrected chi connectivity index (χ1v) is 6.41. The van der Waals surface area contributed by atoms with Gasteiger partial charge in [-0.1, -0.05) is 12.1 Å². The number of nitrogens with one attached hydrogen (secondary N) is 1. The number of furan rings is 1. The maximum absolute atomic E-state index is 12.1. The van der Waals surface area contributed by atoms with Crippen LogP contribution in [0, 0.1) is 0 Å². The second kappa shape index (κ2) is 9.48. The van der Waals surface area contributed by atoms with Crippen molar-refractivity contribution in [3.05, 3.63) is 53.5 Å². The van der Waals surface area contributed by atoms with Crippen molar-refractivity contribution in [3.63, 3.8) is 0 Å². The van der Waals surface area contributed by atoms with Crippen LogP contribution in [0.5, 0.6) is 0 Å². The van der Waals surface area contributed by atoms with Gasteiger partial charge in [0.05, 0.1) is 12.1 Å². The smallest absolute Gasteiger partial charge is 0.258 e. The first kappa shape index (κ1) is 20.5. The summed E-state index contributed by atoms with van der Waals surface area (Å²) >= 11 is 0. The monoisotopic (exact) mass is 345 g/mol. The molecular formula is C15H21Cl2N3O2. The van der Waals surface area contributed by atoms with Crippen molar-refractivity contribution in [2.45, 2.75) is 13.1 Å². The Hall–Kier alpha value is -1.53. The predicted octanol–water partition coefficient (Wildman–Crippen LogP) is 2.90. The first-order chi connectivity index (χ1) is 9.58. The van der Waals surface area contributed by atoms with E-state index in [0.29, 0.717) is 11.3 Å². The molecule has 0 saturated heterocycles. The molecule has 1 aromatic heterocycles. The molecule has 7 heteroatoms. The van der Waals surface area contributed by atoms with Gasteiger partial charge in [0, 0.05) is 12.2 Å². The van der Waals surface area contributed by atoms with Gasteiger partial charge in [-0.3, -0.25) is 4.79 Å². The lowest BCUT2D eigenvalue weighted by Gasteiger charge is -2.11. The van der Waals surface area contributed by atoms with Gasteiger partial charge in [-0.25, -0.2) is 0 Å². The summed E-state index contributed by atoms with van der Waals surface area (Å²) in [6.45, 7) is 1.11. The van der Waals surface area contributed by atoms with Crippen molar-refractivity contribution in [2.24, 2.45) is 5.73 Å². The second-order valence-electron chi connectivity index (χ2n) is 4.90. The summed E-state index contributed by atoms with van der Waals surface area (Å²) in [4.78, 5) is 14.1. The number of anilines is 1. The summed E-state index contributed by atoms with van der Waals surface area (Å²) in [6, 6.07) is 9.43. The second-order valence-corrected chi connectivity index (χ2v) is 4.90. The quantitative estimate of drug-likeness (QED) is 0.873. The minimum Gasteiger partial charge on any atom is -0.467 e. The number of rotatable bonds is 5. The van der Waals surface area contributed by atoms with Crippen molar-refractivity contribution in [1.82, 2.24) is 4.90 Å². The zero-order valence-corrected chi connectivity index (χ0v) is 14.2. The van der Waals surface area contributed by atoms with Gasteiger partial charge in [-0.15, -0.1) is 24.8 Å². The molecule has 0 saturated carbocycles. The Morgan fingerprint density at radius 1 is 1.27 bits per heavy atom. The van der Waals surface area contributed by atoms with E-state index in [9.17, 15) is 4.79 Å². The van der Waals surface area contributed by atoms with E-state index in [-0.39, 0.29) is 37.3 Å². The molecular weight excluding hydrogens is 325 g/mol. The van der Waals surface area contributed by atoms with Crippen LogP contribution in [0.4, 0.5) is 5.69 Å². The third-order valence-corrected chi connectivity index (χ3v) is 2.80. The summed E-state index contributed by atoms with van der Waals surface area (Å²) in [5.41, 5.74) is 7.84. The standard InChI is InChI=1S/C15H19N3O2.2ClH/c1-18(2)9-11-4-3-5-13(6-11)17-15(19)12-7-14(8-16)20-10-12;;/h3-7,10H,8-9,16H2,1-2H3,(H,17,19);2*1H. The van der Waals surface area contributed by atoms with Gasteiger partial charge < -0.3 is 20.4 Å². The number of nitrogens with two attached hydrogens (primary N) is 1. The summed E-state index contributed by atoms with van der Waals surface area (Å²) < 4.78 is 5.16. The fraction of sp³-hybridized carbons (Fsp3) is 0.267. The summed E-state index contributed by atoms with van der Waals surface area (Å²) in [5, 5.41) is 2.85. The van der Waals surface area contributed by atoms with Crippen LogP contribution in [0.1, 0.15) is 21.7 Å². The number of halogens is 2. The molecule has 0 spiro atoms. The number of carbonyl (C=O) groups is 1. The zero-order chi connectivity index (χ0) is 14.5. The van der Waals surface area contributed by atoms with E-state index < -0.39 is 0 Å². The van der Waals surface area contributed by atoms with Crippen molar-refractivity contribution in [3.8, 4) is 0 Å². The minimum atomic E-state index is -0.199. The first-order valence-electron chi connectivity index (χ1n) is 6.41. The van der Waals surface area contributed by atoms with E-state index in [1.54, 1.807) is 6.07 Å². The molecule has 0 bridgehead atoms. The maximum atomic E-state index is 12.1. The molecule has 1 aromatic carbocycles. The minimum absolute atomic E-state index is 0. The van der Waals surface area contributed by atoms with E-state index in [2.05, 4.69) is 10.2 Å². The van der Waals surface area contributed by atoms with E-state index in [1.165, 1.54) is 6.26 Å². The van der Waals surface area contributed by atoms with Crippen LogP contribution in [0.2, 0.25) is 0 Å². The molecule has 0 aliphatic rings. The highest BCUT2D eigenvalue weighted by Crippen LogP contribution is 2.14. The predicted molar refractivity (Wildman–Crippen MR) is 92.9 cm³/mol. The van der Waals surface area contributed by atoms with Gasteiger partial charge in [-0.2, -0.15) is 0 Å². The third-order valence-electron chi connectivity index (χ3n) is 2.80. The topological polar surface area (TPSA) is 71.5 Å². The van der Waals surface area contributed by atoms with Gasteiger partial charge in [0.25, 0.3) is 5.91 Å². The van der Waals surface area contributed by atoms with Crippen LogP contribution in [0.3, 0.4) is 0 Å². The molecule has 2 aromatic rings. The van der Waals surface area contributed by atoms with Crippen molar-refractivity contribution in [2.75, 3.05) is 19.4 Å². The van der Waals surface area contributed by atoms with Crippen LogP contribution in [0.15, 0.2) is 41.0 Å². The lowest BCUT2D eigenvalue weighted by molar-refractivity contribution is 0.102. The molecule has 1 heterocycles. The summed E-state index contributed by atoms with van der Waals surface area (Å²) in [7, 11) is 4.01. The molecule has 5 nitrogen and oxygen atoms in total. The number of carbonyl (C=O) groups excluding carboxylic acids is 1. The summed E-state index contributed by atoms with van der Waals surface area (Å²) in [6.07, 6.45) is 1.42. The average molecular weight is 346 g/mol. The number of hydrogen-bond acceptors (Lipinski definition) is 4. The molecule has 0 fully saturated rings. The Labute approximate surface area is 142 Å². The van der Waals surface area contributed by atoms with Crippen molar-refractivity contribution >= 4 is 36.4 Å². The van der Waals surface area contributed by atoms with Crippen LogP contribution < -0.4 is 11.1 Å². The Balaban J connectivity index is 0.00000220. The van der Waals surface area contributed by atoms with Gasteiger partial charge in [-0.05, 0) is 37.9 Å². The van der Waals surface area contributed by atoms with E-state index in [0.717, 1.165) is 17.8 Å². The van der Waals surface area contributed by atoms with Crippen LogP contribution in [0.25, 0.3) is 0 Å². The Morgan fingerprint density at radius 3 is 2.59 bits per heavy atom. The van der Waals surface area contributed by atoms with Crippen molar-refractivity contribution < 1.29 is 9.21 Å². The lowest BCUT2D eigenvalue weighted by atomic mass is 10.2. The normalized spacial score (nSPS) is 9.82. The molecule has 0 radical (unpaired) electrons. The molecule has 3 N–H and O–H groups in total. The number of amides is 1. The number of benzene rings is 1. The number of nitrogens with zero attached hydrogens (tertiary/aromatic N) is 1. The summed E-state index contributed by atoms with van der Waals surface area (Å²) in [5.74, 6) is 0.395. The highest BCUT2D eigenvalue weighted by atomic mass is 35.5. The van der Waals surface area contributed by atoms with Crippen LogP contribution in [-0.2, 0) is 13.1 Å². The molecule has 22 heavy (non-hydrogen) atoms. The van der Waals surface area contributed by atoms with Crippen molar-refractivity contribution in [1.29, 1.82) is 0 Å². The highest BCUT2D eigenvalue weighted by Gasteiger charge is 2.10. The Bertz CT molecular complexity index is 600. The number of hydrogen-bond donors (Lipinski definition) is 2. The zero-order valence-electron chi connectivity index (χ0n) is 12.5. The fourth-order valence-corrected chi connectivity index (χ4v) is 1.92. The van der Waals surface area contributed by atoms with E-state index >= 15 is 0 Å². The van der Waals surface area contributed by atoms with E-state index in [1.807, 2.05) is 38.4 Å². The van der Waals surface area contributed by atoms with Gasteiger partial charge in [0.1, 0.15) is 12.0 Å². The molecule has 2 rings (SSSR count). The molecule has 0 aliphatic carbocycles. The van der Waals surface area contributed by atoms with Gasteiger partial charge in [0.2, 0.25) is 0 Å². The SMILES string of the molecule is CN(C)Cc1cccc(NC(=O)c2coc(CN)c2)c1.Cl.Cl. The Kier molecular flexibility index (Phi) is 8.82. The highest BCUT2D eigenvalue weighted by molar-refractivity contribution is 6.04. The molecule has 1 amide bonds. The molecule has 0 atom stereocenters. The van der Waals surface area contributed by atoms with Crippen LogP contribution in [-0.4, -0.2) is 24.9 Å². The average Bonchev–Trinajstić information content (AvgIpc) is 2.87. The maximum Gasteiger partial charge on any atom is 0.258 e. The Morgan fingerprint density at radius 2 is 2.00 bits per heavy atom. The van der Waals surface area contributed by atoms with E-state index in [4.69, 9.17) is 10.2 Å².